The van der Waals surface area contributed by atoms with Crippen molar-refractivity contribution < 1.29 is 24.9 Å². The molecule has 0 atom stereocenters. The van der Waals surface area contributed by atoms with E-state index in [9.17, 15) is 14.7 Å². The van der Waals surface area contributed by atoms with Gasteiger partial charge in [-0.3, -0.25) is 0 Å². The van der Waals surface area contributed by atoms with Gasteiger partial charge < -0.3 is 26.0 Å². The molecule has 22 heavy (non-hydrogen) atoms. The first-order chi connectivity index (χ1) is 10.3. The quantitative estimate of drug-likeness (QED) is 0.541. The van der Waals surface area contributed by atoms with Crippen LogP contribution in [0.1, 0.15) is 11.3 Å². The summed E-state index contributed by atoms with van der Waals surface area (Å²) in [6.45, 7) is 2.66. The molecule has 118 valence electrons. The number of aryl methyl sites for hydroxylation is 1. The number of nitrogens with one attached hydrogen (secondary N) is 1. The monoisotopic (exact) mass is 306 g/mol. The largest absolute Gasteiger partial charge is 0.508 e. The fourth-order valence-corrected chi connectivity index (χ4v) is 1.98. The summed E-state index contributed by atoms with van der Waals surface area (Å²) in [6.07, 6.45) is 1.96. The Morgan fingerprint density at radius 2 is 1.82 bits per heavy atom. The second kappa shape index (κ2) is 7.84. The Kier molecular flexibility index (Phi) is 6.15. The summed E-state index contributed by atoms with van der Waals surface area (Å²) in [6, 6.07) is 5.35. The molecule has 0 spiro atoms. The number of aliphatic carboxylic acids is 2. The van der Waals surface area contributed by atoms with Gasteiger partial charge in [-0.1, -0.05) is 0 Å². The predicted octanol–water partition coefficient (Wildman–Crippen LogP) is 1.39. The number of carbonyl (C=O) groups is 2. The van der Waals surface area contributed by atoms with E-state index < -0.39 is 11.9 Å². The number of fused-ring (bicyclic) bond motifs is 1. The Morgan fingerprint density at radius 1 is 1.23 bits per heavy atom. The number of phenolic OH excluding ortho intramolecular Hbond substituents is 1. The van der Waals surface area contributed by atoms with Crippen molar-refractivity contribution in [3.8, 4) is 5.75 Å². The van der Waals surface area contributed by atoms with Crippen LogP contribution in [0.3, 0.4) is 0 Å². The van der Waals surface area contributed by atoms with E-state index in [-0.39, 0.29) is 0 Å². The van der Waals surface area contributed by atoms with E-state index in [4.69, 9.17) is 15.9 Å². The minimum Gasteiger partial charge on any atom is -0.508 e. The normalized spacial score (nSPS) is 10.5. The molecule has 7 nitrogen and oxygen atoms in total. The van der Waals surface area contributed by atoms with Crippen molar-refractivity contribution in [2.45, 2.75) is 13.3 Å². The zero-order chi connectivity index (χ0) is 16.7. The highest BCUT2D eigenvalue weighted by molar-refractivity contribution is 5.89. The van der Waals surface area contributed by atoms with Gasteiger partial charge in [0.15, 0.2) is 0 Å². The van der Waals surface area contributed by atoms with Crippen molar-refractivity contribution in [1.29, 1.82) is 0 Å². The highest BCUT2D eigenvalue weighted by Gasteiger charge is 2.07. The van der Waals surface area contributed by atoms with Crippen molar-refractivity contribution in [2.24, 2.45) is 5.73 Å². The minimum absolute atomic E-state index is 0.301. The van der Waals surface area contributed by atoms with Crippen LogP contribution in [-0.4, -0.2) is 38.8 Å². The maximum atomic E-state index is 9.55. The van der Waals surface area contributed by atoms with Gasteiger partial charge in [0, 0.05) is 28.7 Å². The van der Waals surface area contributed by atoms with Crippen LogP contribution < -0.4 is 5.73 Å². The average Bonchev–Trinajstić information content (AvgIpc) is 2.74. The Hall–Kier alpha value is -2.80. The summed E-state index contributed by atoms with van der Waals surface area (Å²) in [5.74, 6) is -2.21. The summed E-state index contributed by atoms with van der Waals surface area (Å²) in [4.78, 5) is 22.4. The Labute approximate surface area is 126 Å². The van der Waals surface area contributed by atoms with Crippen LogP contribution >= 0.6 is 0 Å². The molecule has 2 rings (SSSR count). The van der Waals surface area contributed by atoms with Gasteiger partial charge in [0.1, 0.15) is 5.75 Å². The molecule has 0 saturated heterocycles. The SMILES string of the molecule is Cc1[nH]c2ccc(O)cc2c1CCN.O=C(O)C=CC(=O)O. The molecule has 0 aliphatic heterocycles. The lowest BCUT2D eigenvalue weighted by atomic mass is 10.1. The molecule has 2 aromatic rings. The molecular weight excluding hydrogens is 288 g/mol. The second-order valence-corrected chi connectivity index (χ2v) is 4.51. The number of carboxylic acids is 2. The number of rotatable bonds is 4. The predicted molar refractivity (Wildman–Crippen MR) is 81.9 cm³/mol. The molecule has 1 aromatic heterocycles. The number of carboxylic acid groups (broad SMARTS) is 2. The van der Waals surface area contributed by atoms with Gasteiger partial charge in [0.05, 0.1) is 0 Å². The first-order valence-corrected chi connectivity index (χ1v) is 6.49. The summed E-state index contributed by atoms with van der Waals surface area (Å²) >= 11 is 0. The van der Waals surface area contributed by atoms with Crippen LogP contribution in [0, 0.1) is 6.92 Å². The third-order valence-corrected chi connectivity index (χ3v) is 2.87. The first-order valence-electron chi connectivity index (χ1n) is 6.49. The molecule has 6 N–H and O–H groups in total. The van der Waals surface area contributed by atoms with Gasteiger partial charge in [-0.15, -0.1) is 0 Å². The Balaban J connectivity index is 0.000000261. The second-order valence-electron chi connectivity index (χ2n) is 4.51. The van der Waals surface area contributed by atoms with E-state index in [0.717, 1.165) is 23.0 Å². The van der Waals surface area contributed by atoms with E-state index >= 15 is 0 Å². The van der Waals surface area contributed by atoms with Crippen LogP contribution in [0.2, 0.25) is 0 Å². The van der Waals surface area contributed by atoms with Gasteiger partial charge in [-0.25, -0.2) is 9.59 Å². The van der Waals surface area contributed by atoms with Gasteiger partial charge in [0.25, 0.3) is 0 Å². The van der Waals surface area contributed by atoms with E-state index in [1.807, 2.05) is 13.0 Å². The van der Waals surface area contributed by atoms with E-state index in [1.54, 1.807) is 12.1 Å². The van der Waals surface area contributed by atoms with E-state index in [1.165, 1.54) is 5.56 Å². The first kappa shape index (κ1) is 17.3. The standard InChI is InChI=1S/C11H14N2O.C4H4O4/c1-7-9(4-5-12)10-6-8(14)2-3-11(10)13-7;5-3(6)1-2-4(7)8/h2-3,6,13-14H,4-5,12H2,1H3;1-2H,(H,5,6)(H,7,8). The van der Waals surface area contributed by atoms with Crippen molar-refractivity contribution in [1.82, 2.24) is 4.98 Å². The maximum Gasteiger partial charge on any atom is 0.328 e. The molecule has 7 heteroatoms. The zero-order valence-corrected chi connectivity index (χ0v) is 12.0. The Morgan fingerprint density at radius 3 is 2.32 bits per heavy atom. The highest BCUT2D eigenvalue weighted by Crippen LogP contribution is 2.25. The van der Waals surface area contributed by atoms with Crippen LogP contribution in [0.5, 0.6) is 5.75 Å². The third kappa shape index (κ3) is 4.95. The van der Waals surface area contributed by atoms with Crippen molar-refractivity contribution in [2.75, 3.05) is 6.54 Å². The average molecular weight is 306 g/mol. The number of benzene rings is 1. The molecule has 1 heterocycles. The zero-order valence-electron chi connectivity index (χ0n) is 12.0. The van der Waals surface area contributed by atoms with Crippen molar-refractivity contribution in [3.05, 3.63) is 41.6 Å². The topological polar surface area (TPSA) is 137 Å². The van der Waals surface area contributed by atoms with E-state index in [0.29, 0.717) is 24.4 Å². The summed E-state index contributed by atoms with van der Waals surface area (Å²) in [7, 11) is 0. The van der Waals surface area contributed by atoms with Crippen molar-refractivity contribution >= 4 is 22.8 Å². The van der Waals surface area contributed by atoms with Gasteiger partial charge in [-0.2, -0.15) is 0 Å². The fraction of sp³-hybridized carbons (Fsp3) is 0.200. The summed E-state index contributed by atoms with van der Waals surface area (Å²) in [5, 5.41) is 26.1. The fourth-order valence-electron chi connectivity index (χ4n) is 1.98. The lowest BCUT2D eigenvalue weighted by molar-refractivity contribution is -0.134. The molecular formula is C15H18N2O5. The van der Waals surface area contributed by atoms with Gasteiger partial charge in [0.2, 0.25) is 0 Å². The number of nitrogens with two attached hydrogens (primary N) is 1. The molecule has 0 bridgehead atoms. The third-order valence-electron chi connectivity index (χ3n) is 2.87. The number of hydrogen-bond acceptors (Lipinski definition) is 4. The molecule has 0 radical (unpaired) electrons. The van der Waals surface area contributed by atoms with Crippen molar-refractivity contribution in [3.63, 3.8) is 0 Å². The van der Waals surface area contributed by atoms with Crippen LogP contribution in [0.25, 0.3) is 10.9 Å². The van der Waals surface area contributed by atoms with Gasteiger partial charge >= 0.3 is 11.9 Å². The molecule has 0 saturated carbocycles. The minimum atomic E-state index is -1.26. The molecule has 1 aromatic carbocycles. The van der Waals surface area contributed by atoms with Crippen LogP contribution in [-0.2, 0) is 16.0 Å². The number of hydrogen-bond donors (Lipinski definition) is 5. The van der Waals surface area contributed by atoms with Gasteiger partial charge in [-0.05, 0) is 43.7 Å². The number of phenols is 1. The van der Waals surface area contributed by atoms with Crippen LogP contribution in [0.4, 0.5) is 0 Å². The molecule has 0 amide bonds. The Bertz CT molecular complexity index is 687. The number of aromatic nitrogens is 1. The summed E-state index contributed by atoms with van der Waals surface area (Å²) in [5.41, 5.74) is 8.94. The maximum absolute atomic E-state index is 9.55. The number of aromatic amines is 1. The lowest BCUT2D eigenvalue weighted by Crippen LogP contribution is -2.03. The molecule has 0 aliphatic carbocycles. The lowest BCUT2D eigenvalue weighted by Gasteiger charge is -1.98. The summed E-state index contributed by atoms with van der Waals surface area (Å²) < 4.78 is 0. The molecule has 0 aliphatic rings. The number of aromatic hydroxyl groups is 1. The molecule has 0 fully saturated rings. The smallest absolute Gasteiger partial charge is 0.328 e. The molecule has 0 unspecified atom stereocenters. The van der Waals surface area contributed by atoms with E-state index in [2.05, 4.69) is 4.98 Å². The highest BCUT2D eigenvalue weighted by atomic mass is 16.4. The van der Waals surface area contributed by atoms with Crippen LogP contribution in [0.15, 0.2) is 30.4 Å². The number of H-pyrrole nitrogens is 1.